The Morgan fingerprint density at radius 1 is 1.03 bits per heavy atom. The summed E-state index contributed by atoms with van der Waals surface area (Å²) in [6, 6.07) is 14.3. The first kappa shape index (κ1) is 26.1. The van der Waals surface area contributed by atoms with E-state index in [4.69, 9.17) is 21.4 Å². The fourth-order valence-corrected chi connectivity index (χ4v) is 3.63. The Bertz CT molecular complexity index is 966. The fourth-order valence-electron chi connectivity index (χ4n) is 3.63. The summed E-state index contributed by atoms with van der Waals surface area (Å²) < 4.78 is 0. The summed E-state index contributed by atoms with van der Waals surface area (Å²) in [4.78, 5) is 24.2. The molecule has 0 unspecified atom stereocenters. The second-order valence-electron chi connectivity index (χ2n) is 8.55. The number of nitrogens with zero attached hydrogens (tertiary/aromatic N) is 3. The number of unbranched alkanes of at least 4 members (excludes halogenated alkanes) is 5. The van der Waals surface area contributed by atoms with Crippen molar-refractivity contribution in [2.45, 2.75) is 78.0 Å². The molecule has 1 heterocycles. The van der Waals surface area contributed by atoms with E-state index in [9.17, 15) is 4.79 Å². The molecule has 0 saturated carbocycles. The molecule has 0 atom stereocenters. The van der Waals surface area contributed by atoms with E-state index in [0.717, 1.165) is 23.8 Å². The van der Waals surface area contributed by atoms with Crippen LogP contribution in [-0.4, -0.2) is 33.7 Å². The number of hydrogen-bond donors (Lipinski definition) is 3. The molecular weight excluding hydrogens is 418 g/mol. The molecule has 0 spiro atoms. The molecule has 0 bridgehead atoms. The summed E-state index contributed by atoms with van der Waals surface area (Å²) in [5.74, 6) is -0.300. The van der Waals surface area contributed by atoms with Crippen LogP contribution >= 0.6 is 0 Å². The van der Waals surface area contributed by atoms with Gasteiger partial charge in [0.25, 0.3) is 0 Å². The molecule has 180 valence electrons. The van der Waals surface area contributed by atoms with Gasteiger partial charge in [0.05, 0.1) is 0 Å². The van der Waals surface area contributed by atoms with Gasteiger partial charge in [-0.3, -0.25) is 9.63 Å². The molecule has 5 N–H and O–H groups in total. The van der Waals surface area contributed by atoms with E-state index in [-0.39, 0.29) is 11.9 Å². The largest absolute Gasteiger partial charge is 0.481 e. The SMILES string of the molecule is CC1(C)N=C(N)N=C(N)N1OCc1cccc2ccccc12.CCCCCCCCC(=O)O. The van der Waals surface area contributed by atoms with E-state index in [1.807, 2.05) is 38.1 Å². The summed E-state index contributed by atoms with van der Waals surface area (Å²) in [5, 5.41) is 12.1. The first-order valence-electron chi connectivity index (χ1n) is 11.6. The quantitative estimate of drug-likeness (QED) is 0.443. The predicted molar refractivity (Wildman–Crippen MR) is 134 cm³/mol. The molecule has 33 heavy (non-hydrogen) atoms. The highest BCUT2D eigenvalue weighted by atomic mass is 16.7. The molecule has 0 fully saturated rings. The fraction of sp³-hybridized carbons (Fsp3) is 0.480. The van der Waals surface area contributed by atoms with Gasteiger partial charge in [-0.1, -0.05) is 81.5 Å². The van der Waals surface area contributed by atoms with Gasteiger partial charge < -0.3 is 16.6 Å². The maximum atomic E-state index is 10.1. The highest BCUT2D eigenvalue weighted by Crippen LogP contribution is 2.23. The van der Waals surface area contributed by atoms with Gasteiger partial charge in [-0.25, -0.2) is 4.99 Å². The lowest BCUT2D eigenvalue weighted by molar-refractivity contribution is -0.166. The van der Waals surface area contributed by atoms with E-state index >= 15 is 0 Å². The van der Waals surface area contributed by atoms with Crippen LogP contribution in [-0.2, 0) is 16.2 Å². The van der Waals surface area contributed by atoms with Crippen LogP contribution in [0.3, 0.4) is 0 Å². The molecule has 8 heteroatoms. The normalized spacial score (nSPS) is 14.8. The van der Waals surface area contributed by atoms with Crippen molar-refractivity contribution in [3.05, 3.63) is 48.0 Å². The number of hydroxylamine groups is 2. The van der Waals surface area contributed by atoms with E-state index in [0.29, 0.717) is 13.0 Å². The Balaban J connectivity index is 0.000000299. The summed E-state index contributed by atoms with van der Waals surface area (Å²) in [6.45, 7) is 6.28. The standard InChI is InChI=1S/C16H19N5O.C9H18O2/c1-16(2)20-14(17)19-15(18)21(16)22-10-12-8-5-7-11-6-3-4-9-13(11)12;1-2-3-4-5-6-7-8-9(10)11/h3-9H,10H2,1-2H3,(H4,17,18,19,20);2-8H2,1H3,(H,10,11). The molecule has 1 aliphatic heterocycles. The van der Waals surface area contributed by atoms with Crippen LogP contribution in [0.5, 0.6) is 0 Å². The Hall–Kier alpha value is -3.13. The lowest BCUT2D eigenvalue weighted by Gasteiger charge is -2.36. The predicted octanol–water partition coefficient (Wildman–Crippen LogP) is 4.77. The van der Waals surface area contributed by atoms with Gasteiger partial charge in [0.1, 0.15) is 6.61 Å². The Kier molecular flexibility index (Phi) is 10.1. The Morgan fingerprint density at radius 3 is 2.39 bits per heavy atom. The third kappa shape index (κ3) is 8.38. The molecule has 2 aromatic carbocycles. The second kappa shape index (κ2) is 12.8. The van der Waals surface area contributed by atoms with Crippen molar-refractivity contribution in [2.24, 2.45) is 21.5 Å². The van der Waals surface area contributed by atoms with Gasteiger partial charge in [-0.05, 0) is 36.6 Å². The lowest BCUT2D eigenvalue weighted by atomic mass is 10.1. The number of hydrogen-bond acceptors (Lipinski definition) is 7. The minimum absolute atomic E-state index is 0.160. The number of benzene rings is 2. The van der Waals surface area contributed by atoms with Crippen LogP contribution in [0.2, 0.25) is 0 Å². The molecule has 0 aromatic heterocycles. The molecule has 8 nitrogen and oxygen atoms in total. The van der Waals surface area contributed by atoms with Gasteiger partial charge in [0.2, 0.25) is 11.9 Å². The summed E-state index contributed by atoms with van der Waals surface area (Å²) in [5.41, 5.74) is 11.9. The third-order valence-electron chi connectivity index (χ3n) is 5.30. The number of guanidine groups is 2. The molecule has 0 saturated heterocycles. The number of carbonyl (C=O) groups is 1. The zero-order valence-corrected chi connectivity index (χ0v) is 20.0. The molecule has 2 aromatic rings. The average Bonchev–Trinajstić information content (AvgIpc) is 2.75. The van der Waals surface area contributed by atoms with Crippen LogP contribution in [0.4, 0.5) is 0 Å². The van der Waals surface area contributed by atoms with Crippen molar-refractivity contribution < 1.29 is 14.7 Å². The maximum Gasteiger partial charge on any atom is 0.303 e. The van der Waals surface area contributed by atoms with Gasteiger partial charge in [-0.2, -0.15) is 10.1 Å². The van der Waals surface area contributed by atoms with Crippen molar-refractivity contribution in [2.75, 3.05) is 0 Å². The highest BCUT2D eigenvalue weighted by molar-refractivity contribution is 5.95. The van der Waals surface area contributed by atoms with E-state index in [1.165, 1.54) is 36.1 Å². The van der Waals surface area contributed by atoms with Crippen molar-refractivity contribution in [3.63, 3.8) is 0 Å². The average molecular weight is 456 g/mol. The highest BCUT2D eigenvalue weighted by Gasteiger charge is 2.33. The number of aliphatic carboxylic acids is 1. The Labute approximate surface area is 196 Å². The number of nitrogens with two attached hydrogens (primary N) is 2. The van der Waals surface area contributed by atoms with Gasteiger partial charge in [0, 0.05) is 6.42 Å². The van der Waals surface area contributed by atoms with Gasteiger partial charge in [-0.15, -0.1) is 0 Å². The minimum atomic E-state index is -0.694. The molecule has 0 aliphatic carbocycles. The van der Waals surface area contributed by atoms with Gasteiger partial charge >= 0.3 is 5.97 Å². The summed E-state index contributed by atoms with van der Waals surface area (Å²) in [7, 11) is 0. The number of aliphatic imine (C=N–C) groups is 2. The van der Waals surface area contributed by atoms with Crippen molar-refractivity contribution in [3.8, 4) is 0 Å². The van der Waals surface area contributed by atoms with E-state index in [1.54, 1.807) is 0 Å². The van der Waals surface area contributed by atoms with E-state index < -0.39 is 11.6 Å². The van der Waals surface area contributed by atoms with Crippen molar-refractivity contribution in [1.82, 2.24) is 5.06 Å². The zero-order valence-electron chi connectivity index (χ0n) is 20.0. The number of carboxylic acid groups (broad SMARTS) is 1. The second-order valence-corrected chi connectivity index (χ2v) is 8.55. The third-order valence-corrected chi connectivity index (χ3v) is 5.30. The van der Waals surface area contributed by atoms with Gasteiger partial charge in [0.15, 0.2) is 5.66 Å². The zero-order chi connectivity index (χ0) is 24.3. The monoisotopic (exact) mass is 455 g/mol. The molecule has 0 amide bonds. The molecule has 3 rings (SSSR count). The topological polar surface area (TPSA) is 127 Å². The Morgan fingerprint density at radius 2 is 1.70 bits per heavy atom. The molecular formula is C25H37N5O3. The maximum absolute atomic E-state index is 10.1. The van der Waals surface area contributed by atoms with E-state index in [2.05, 4.69) is 35.1 Å². The number of carboxylic acids is 1. The van der Waals surface area contributed by atoms with Crippen molar-refractivity contribution in [1.29, 1.82) is 0 Å². The van der Waals surface area contributed by atoms with Crippen molar-refractivity contribution >= 4 is 28.7 Å². The minimum Gasteiger partial charge on any atom is -0.481 e. The van der Waals surface area contributed by atoms with Crippen LogP contribution in [0.25, 0.3) is 10.8 Å². The first-order chi connectivity index (χ1) is 15.7. The van der Waals surface area contributed by atoms with Crippen LogP contribution in [0.15, 0.2) is 52.4 Å². The van der Waals surface area contributed by atoms with Crippen LogP contribution < -0.4 is 11.5 Å². The summed E-state index contributed by atoms with van der Waals surface area (Å²) >= 11 is 0. The number of fused-ring (bicyclic) bond motifs is 1. The molecule has 0 radical (unpaired) electrons. The number of rotatable bonds is 10. The molecule has 1 aliphatic rings. The smallest absolute Gasteiger partial charge is 0.303 e. The lowest BCUT2D eigenvalue weighted by Crippen LogP contribution is -2.53. The van der Waals surface area contributed by atoms with Crippen LogP contribution in [0.1, 0.15) is 71.3 Å². The summed E-state index contributed by atoms with van der Waals surface area (Å²) in [6.07, 6.45) is 7.25. The van der Waals surface area contributed by atoms with Crippen LogP contribution in [0, 0.1) is 0 Å². The first-order valence-corrected chi connectivity index (χ1v) is 11.6.